The van der Waals surface area contributed by atoms with Gasteiger partial charge in [0.05, 0.1) is 17.1 Å². The highest BCUT2D eigenvalue weighted by molar-refractivity contribution is 5.78. The molecule has 1 aromatic carbocycles. The predicted octanol–water partition coefficient (Wildman–Crippen LogP) is 4.90. The highest BCUT2D eigenvalue weighted by atomic mass is 19.3. The Hall–Kier alpha value is -2.02. The molecule has 1 aliphatic heterocycles. The van der Waals surface area contributed by atoms with Crippen molar-refractivity contribution in [3.05, 3.63) is 29.6 Å². The van der Waals surface area contributed by atoms with Crippen molar-refractivity contribution in [3.8, 4) is 0 Å². The van der Waals surface area contributed by atoms with Crippen LogP contribution in [-0.2, 0) is 22.5 Å². The number of nitrogens with one attached hydrogen (secondary N) is 2. The van der Waals surface area contributed by atoms with Crippen LogP contribution in [0.25, 0.3) is 11.0 Å². The average Bonchev–Trinajstić information content (AvgIpc) is 3.52. The monoisotopic (exact) mass is 419 g/mol. The molecular weight excluding hydrogens is 388 g/mol. The maximum absolute atomic E-state index is 12.8. The van der Waals surface area contributed by atoms with Crippen LogP contribution in [0.4, 0.5) is 8.78 Å². The summed E-state index contributed by atoms with van der Waals surface area (Å²) in [5.41, 5.74) is 2.79. The first-order valence-corrected chi connectivity index (χ1v) is 11.2. The number of halogens is 2. The van der Waals surface area contributed by atoms with Gasteiger partial charge in [0, 0.05) is 38.8 Å². The van der Waals surface area contributed by atoms with Gasteiger partial charge in [-0.2, -0.15) is 0 Å². The molecule has 1 amide bonds. The number of imidazole rings is 1. The molecule has 30 heavy (non-hydrogen) atoms. The van der Waals surface area contributed by atoms with E-state index in [0.29, 0.717) is 6.54 Å². The number of aromatic amines is 1. The third-order valence-corrected chi connectivity index (χ3v) is 5.78. The number of fused-ring (bicyclic) bond motifs is 1. The number of hydrogen-bond acceptors (Lipinski definition) is 3. The third kappa shape index (κ3) is 6.24. The summed E-state index contributed by atoms with van der Waals surface area (Å²) in [5.74, 6) is -2.02. The quantitative estimate of drug-likeness (QED) is 0.700. The number of amides is 1. The molecule has 0 bridgehead atoms. The molecule has 7 heteroatoms. The summed E-state index contributed by atoms with van der Waals surface area (Å²) in [5, 5.41) is 2.82. The average molecular weight is 420 g/mol. The molecule has 2 aliphatic carbocycles. The first-order valence-electron chi connectivity index (χ1n) is 11.2. The van der Waals surface area contributed by atoms with Crippen molar-refractivity contribution >= 4 is 16.9 Å². The zero-order valence-corrected chi connectivity index (χ0v) is 17.4. The summed E-state index contributed by atoms with van der Waals surface area (Å²) in [4.78, 5) is 19.9. The fraction of sp³-hybridized carbons (Fsp3) is 0.652. The molecule has 3 fully saturated rings. The van der Waals surface area contributed by atoms with E-state index in [2.05, 4.69) is 15.3 Å². The van der Waals surface area contributed by atoms with Crippen molar-refractivity contribution in [1.82, 2.24) is 15.3 Å². The molecule has 1 unspecified atom stereocenters. The van der Waals surface area contributed by atoms with Gasteiger partial charge < -0.3 is 15.0 Å². The smallest absolute Gasteiger partial charge is 0.248 e. The van der Waals surface area contributed by atoms with E-state index in [0.717, 1.165) is 48.3 Å². The van der Waals surface area contributed by atoms with E-state index in [9.17, 15) is 13.6 Å². The van der Waals surface area contributed by atoms with Gasteiger partial charge in [-0.1, -0.05) is 25.3 Å². The Bertz CT molecular complexity index is 848. The highest BCUT2D eigenvalue weighted by Crippen LogP contribution is 2.43. The lowest BCUT2D eigenvalue weighted by molar-refractivity contribution is -0.133. The van der Waals surface area contributed by atoms with E-state index in [4.69, 9.17) is 4.74 Å². The normalized spacial score (nSPS) is 22.7. The Kier molecular flexibility index (Phi) is 6.66. The Labute approximate surface area is 176 Å². The number of H-pyrrole nitrogens is 1. The summed E-state index contributed by atoms with van der Waals surface area (Å²) in [6, 6.07) is 5.85. The number of nitrogens with zero attached hydrogens (tertiary/aromatic N) is 1. The number of benzene rings is 1. The molecule has 5 nitrogen and oxygen atoms in total. The molecule has 5 rings (SSSR count). The molecule has 1 saturated heterocycles. The lowest BCUT2D eigenvalue weighted by atomic mass is 9.79. The molecule has 2 N–H and O–H groups in total. The highest BCUT2D eigenvalue weighted by Gasteiger charge is 2.45. The van der Waals surface area contributed by atoms with Gasteiger partial charge in [-0.05, 0) is 42.9 Å². The van der Waals surface area contributed by atoms with E-state index in [1.165, 1.54) is 25.7 Å². The second-order valence-corrected chi connectivity index (χ2v) is 8.90. The van der Waals surface area contributed by atoms with Crippen molar-refractivity contribution < 1.29 is 18.3 Å². The van der Waals surface area contributed by atoms with Crippen LogP contribution in [0.1, 0.15) is 69.2 Å². The van der Waals surface area contributed by atoms with Crippen molar-refractivity contribution in [3.63, 3.8) is 0 Å². The molecule has 2 heterocycles. The summed E-state index contributed by atoms with van der Waals surface area (Å²) >= 11 is 0. The lowest BCUT2D eigenvalue weighted by Gasteiger charge is -2.34. The van der Waals surface area contributed by atoms with E-state index in [-0.39, 0.29) is 37.2 Å². The first kappa shape index (κ1) is 21.2. The maximum Gasteiger partial charge on any atom is 0.248 e. The Balaban J connectivity index is 0.000000667. The molecule has 0 radical (unpaired) electrons. The summed E-state index contributed by atoms with van der Waals surface area (Å²) in [7, 11) is 0. The fourth-order valence-corrected chi connectivity index (χ4v) is 3.96. The molecule has 2 aromatic rings. The van der Waals surface area contributed by atoms with E-state index in [1.807, 2.05) is 18.2 Å². The van der Waals surface area contributed by atoms with Gasteiger partial charge in [0.1, 0.15) is 5.82 Å². The number of hydrogen-bond donors (Lipinski definition) is 2. The summed E-state index contributed by atoms with van der Waals surface area (Å²) in [6.45, 7) is 1.21. The van der Waals surface area contributed by atoms with Gasteiger partial charge in [0.2, 0.25) is 11.8 Å². The first-order chi connectivity index (χ1) is 14.5. The standard InChI is InChI=1S/C20H25F2N3O2.C3H6/c21-20(22)10-14(11-20)8-19(26)23-12-13-4-5-16-17(7-13)25-18(24-16)9-15-3-1-2-6-27-15;1-2-3-1/h4-5,7,14-15H,1-3,6,8-12H2,(H,23,26)(H,24,25);1-3H2. The van der Waals surface area contributed by atoms with Crippen molar-refractivity contribution in [2.24, 2.45) is 5.92 Å². The second-order valence-electron chi connectivity index (χ2n) is 8.90. The topological polar surface area (TPSA) is 67.0 Å². The summed E-state index contributed by atoms with van der Waals surface area (Å²) in [6.07, 6.45) is 8.75. The second kappa shape index (κ2) is 9.41. The molecule has 3 aliphatic rings. The van der Waals surface area contributed by atoms with Gasteiger partial charge in [-0.15, -0.1) is 0 Å². The van der Waals surface area contributed by atoms with Gasteiger partial charge in [-0.3, -0.25) is 4.79 Å². The van der Waals surface area contributed by atoms with Gasteiger partial charge in [-0.25, -0.2) is 13.8 Å². The number of carbonyl (C=O) groups excluding carboxylic acids is 1. The number of aromatic nitrogens is 2. The van der Waals surface area contributed by atoms with Gasteiger partial charge in [0.25, 0.3) is 0 Å². The van der Waals surface area contributed by atoms with Crippen molar-refractivity contribution in [2.75, 3.05) is 6.61 Å². The largest absolute Gasteiger partial charge is 0.378 e. The SMILES string of the molecule is C1CC1.O=C(CC1CC(F)(F)C1)NCc1ccc2nc(CC3CCCCO3)[nH]c2c1. The van der Waals surface area contributed by atoms with Crippen LogP contribution in [-0.4, -0.2) is 34.5 Å². The molecule has 164 valence electrons. The minimum absolute atomic E-state index is 0.171. The lowest BCUT2D eigenvalue weighted by Crippen LogP contribution is -2.38. The zero-order chi connectivity index (χ0) is 21.0. The minimum Gasteiger partial charge on any atom is -0.378 e. The third-order valence-electron chi connectivity index (χ3n) is 5.78. The van der Waals surface area contributed by atoms with Crippen LogP contribution in [0.3, 0.4) is 0 Å². The summed E-state index contributed by atoms with van der Waals surface area (Å²) < 4.78 is 31.4. The predicted molar refractivity (Wildman–Crippen MR) is 111 cm³/mol. The van der Waals surface area contributed by atoms with E-state index >= 15 is 0 Å². The molecule has 1 aromatic heterocycles. The number of alkyl halides is 2. The number of carbonyl (C=O) groups is 1. The van der Waals surface area contributed by atoms with E-state index in [1.54, 1.807) is 0 Å². The molecule has 2 saturated carbocycles. The van der Waals surface area contributed by atoms with Gasteiger partial charge >= 0.3 is 0 Å². The van der Waals surface area contributed by atoms with Crippen LogP contribution in [0, 0.1) is 5.92 Å². The Morgan fingerprint density at radius 3 is 2.67 bits per heavy atom. The molecule has 1 atom stereocenters. The number of ether oxygens (including phenoxy) is 1. The van der Waals surface area contributed by atoms with Crippen molar-refractivity contribution in [2.45, 2.75) is 82.8 Å². The molecular formula is C23H31F2N3O2. The van der Waals surface area contributed by atoms with Crippen LogP contribution in [0.15, 0.2) is 18.2 Å². The fourth-order valence-electron chi connectivity index (χ4n) is 3.96. The van der Waals surface area contributed by atoms with Crippen LogP contribution < -0.4 is 5.32 Å². The Morgan fingerprint density at radius 2 is 2.00 bits per heavy atom. The van der Waals surface area contributed by atoms with Crippen LogP contribution in [0.2, 0.25) is 0 Å². The van der Waals surface area contributed by atoms with Gasteiger partial charge in [0.15, 0.2) is 0 Å². The maximum atomic E-state index is 12.8. The number of rotatable bonds is 6. The zero-order valence-electron chi connectivity index (χ0n) is 17.4. The minimum atomic E-state index is -2.57. The van der Waals surface area contributed by atoms with E-state index < -0.39 is 5.92 Å². The molecule has 0 spiro atoms. The van der Waals surface area contributed by atoms with Crippen LogP contribution in [0.5, 0.6) is 0 Å². The van der Waals surface area contributed by atoms with Crippen molar-refractivity contribution in [1.29, 1.82) is 0 Å². The van der Waals surface area contributed by atoms with Crippen LogP contribution >= 0.6 is 0 Å². The Morgan fingerprint density at radius 1 is 1.20 bits per heavy atom.